The number of nitrogens with zero attached hydrogens (tertiary/aromatic N) is 1. The number of methoxy groups -OCH3 is 1. The Morgan fingerprint density at radius 1 is 0.907 bits per heavy atom. The number of carbonyl (C=O) groups excluding carboxylic acids is 2. The summed E-state index contributed by atoms with van der Waals surface area (Å²) in [6.45, 7) is 2.08. The van der Waals surface area contributed by atoms with Gasteiger partial charge in [0.1, 0.15) is 5.75 Å². The molecule has 3 aliphatic carbocycles. The standard InChI is InChI=1S/C35H28ClN3O3S/c1-35(18-27-23-10-3-5-12-25(23)31(35)26-13-6-4-11-24(26)27)33(41)39-34-38-30(19-43-34)20-8-7-9-21(16-20)32(40)37-29-17-22(42-2)14-15-28(29)36/h3-17,19,27,31H,18H2,1-2H3,(H,37,40)(H,38,39,41). The molecular formula is C35H28ClN3O3S. The molecule has 43 heavy (non-hydrogen) atoms. The molecule has 2 N–H and O–H groups in total. The first kappa shape index (κ1) is 27.4. The lowest BCUT2D eigenvalue weighted by Crippen LogP contribution is -2.47. The highest BCUT2D eigenvalue weighted by Crippen LogP contribution is 2.61. The highest BCUT2D eigenvalue weighted by Gasteiger charge is 2.54. The first-order chi connectivity index (χ1) is 20.9. The topological polar surface area (TPSA) is 80.3 Å². The van der Waals surface area contributed by atoms with Crippen LogP contribution in [0.2, 0.25) is 5.02 Å². The lowest BCUT2D eigenvalue weighted by molar-refractivity contribution is -0.126. The fraction of sp³-hybridized carbons (Fsp3) is 0.171. The smallest absolute Gasteiger partial charge is 0.255 e. The molecule has 0 spiro atoms. The quantitative estimate of drug-likeness (QED) is 0.204. The van der Waals surface area contributed by atoms with Gasteiger partial charge in [-0.15, -0.1) is 11.3 Å². The molecule has 4 aromatic carbocycles. The van der Waals surface area contributed by atoms with Gasteiger partial charge in [0.25, 0.3) is 5.91 Å². The van der Waals surface area contributed by atoms with Crippen molar-refractivity contribution in [3.63, 3.8) is 0 Å². The third-order valence-corrected chi connectivity index (χ3v) is 9.80. The molecule has 3 aliphatic rings. The molecule has 1 aromatic heterocycles. The summed E-state index contributed by atoms with van der Waals surface area (Å²) in [4.78, 5) is 31.8. The van der Waals surface area contributed by atoms with Crippen LogP contribution in [-0.2, 0) is 4.79 Å². The number of thiazole rings is 1. The Morgan fingerprint density at radius 2 is 1.60 bits per heavy atom. The van der Waals surface area contributed by atoms with Crippen LogP contribution in [0.3, 0.4) is 0 Å². The lowest BCUT2D eigenvalue weighted by Gasteiger charge is -2.50. The Balaban J connectivity index is 1.12. The van der Waals surface area contributed by atoms with Crippen LogP contribution in [0.4, 0.5) is 10.8 Å². The molecule has 1 unspecified atom stereocenters. The molecule has 0 radical (unpaired) electrons. The van der Waals surface area contributed by atoms with E-state index in [0.717, 1.165) is 12.0 Å². The number of rotatable bonds is 6. The zero-order valence-electron chi connectivity index (χ0n) is 23.6. The van der Waals surface area contributed by atoms with E-state index in [1.807, 2.05) is 17.5 Å². The van der Waals surface area contributed by atoms with Gasteiger partial charge in [-0.25, -0.2) is 4.98 Å². The zero-order valence-corrected chi connectivity index (χ0v) is 25.1. The van der Waals surface area contributed by atoms with E-state index in [1.165, 1.54) is 33.6 Å². The van der Waals surface area contributed by atoms with Crippen molar-refractivity contribution in [3.8, 4) is 17.0 Å². The van der Waals surface area contributed by atoms with Crippen molar-refractivity contribution in [1.29, 1.82) is 0 Å². The number of amides is 2. The SMILES string of the molecule is COc1ccc(Cl)c(NC(=O)c2cccc(-c3csc(NC(=O)C4(C)CC5c6ccccc6C4c4ccccc45)n3)c2)c1. The van der Waals surface area contributed by atoms with Gasteiger partial charge in [0.2, 0.25) is 5.91 Å². The van der Waals surface area contributed by atoms with E-state index in [9.17, 15) is 9.59 Å². The highest BCUT2D eigenvalue weighted by molar-refractivity contribution is 7.14. The van der Waals surface area contributed by atoms with Crippen molar-refractivity contribution in [3.05, 3.63) is 129 Å². The number of fused-ring (bicyclic) bond motifs is 1. The Labute approximate surface area is 258 Å². The molecule has 0 saturated carbocycles. The highest BCUT2D eigenvalue weighted by atomic mass is 35.5. The molecule has 0 aliphatic heterocycles. The number of nitrogens with one attached hydrogen (secondary N) is 2. The average Bonchev–Trinajstić information content (AvgIpc) is 3.51. The Kier molecular flexibility index (Phi) is 6.79. The monoisotopic (exact) mass is 605 g/mol. The molecule has 2 amide bonds. The maximum atomic E-state index is 14.0. The molecule has 0 saturated heterocycles. The Hall–Kier alpha value is -4.46. The molecule has 6 nitrogen and oxygen atoms in total. The van der Waals surface area contributed by atoms with Crippen LogP contribution in [0.25, 0.3) is 11.3 Å². The lowest BCUT2D eigenvalue weighted by atomic mass is 9.52. The summed E-state index contributed by atoms with van der Waals surface area (Å²) in [5, 5.41) is 8.83. The molecule has 8 heteroatoms. The zero-order chi connectivity index (χ0) is 29.7. The summed E-state index contributed by atoms with van der Waals surface area (Å²) in [7, 11) is 1.56. The molecule has 1 heterocycles. The van der Waals surface area contributed by atoms with E-state index in [1.54, 1.807) is 37.4 Å². The summed E-state index contributed by atoms with van der Waals surface area (Å²) >= 11 is 7.65. The van der Waals surface area contributed by atoms with E-state index in [4.69, 9.17) is 21.3 Å². The second-order valence-corrected chi connectivity index (χ2v) is 12.5. The van der Waals surface area contributed by atoms with Crippen molar-refractivity contribution < 1.29 is 14.3 Å². The summed E-state index contributed by atoms with van der Waals surface area (Å²) in [6.07, 6.45) is 0.740. The summed E-state index contributed by atoms with van der Waals surface area (Å²) in [5.41, 5.74) is 6.87. The molecule has 2 bridgehead atoms. The van der Waals surface area contributed by atoms with Crippen LogP contribution in [0.5, 0.6) is 5.75 Å². The number of benzene rings is 4. The van der Waals surface area contributed by atoms with Gasteiger partial charge < -0.3 is 15.4 Å². The van der Waals surface area contributed by atoms with Gasteiger partial charge >= 0.3 is 0 Å². The van der Waals surface area contributed by atoms with Crippen molar-refractivity contribution >= 4 is 45.6 Å². The summed E-state index contributed by atoms with van der Waals surface area (Å²) < 4.78 is 5.25. The fourth-order valence-corrected chi connectivity index (χ4v) is 7.51. The second-order valence-electron chi connectivity index (χ2n) is 11.2. The van der Waals surface area contributed by atoms with Gasteiger partial charge in [-0.1, -0.05) is 72.3 Å². The van der Waals surface area contributed by atoms with E-state index in [2.05, 4.69) is 66.1 Å². The Morgan fingerprint density at radius 3 is 2.30 bits per heavy atom. The largest absolute Gasteiger partial charge is 0.497 e. The van der Waals surface area contributed by atoms with Crippen LogP contribution >= 0.6 is 22.9 Å². The number of aromatic nitrogens is 1. The van der Waals surface area contributed by atoms with Crippen molar-refractivity contribution in [2.45, 2.75) is 25.2 Å². The van der Waals surface area contributed by atoms with Crippen molar-refractivity contribution in [2.75, 3.05) is 17.7 Å². The van der Waals surface area contributed by atoms with Gasteiger partial charge in [0.15, 0.2) is 5.13 Å². The fourth-order valence-electron chi connectivity index (χ4n) is 6.63. The number of carbonyl (C=O) groups is 2. The minimum Gasteiger partial charge on any atom is -0.497 e. The normalized spacial score (nSPS) is 19.7. The van der Waals surface area contributed by atoms with E-state index in [-0.39, 0.29) is 23.7 Å². The average molecular weight is 606 g/mol. The van der Waals surface area contributed by atoms with Gasteiger partial charge in [-0.2, -0.15) is 0 Å². The molecule has 5 aromatic rings. The van der Waals surface area contributed by atoms with Gasteiger partial charge in [-0.3, -0.25) is 9.59 Å². The maximum Gasteiger partial charge on any atom is 0.255 e. The molecule has 0 fully saturated rings. The molecular weight excluding hydrogens is 578 g/mol. The Bertz CT molecular complexity index is 1860. The predicted molar refractivity (Wildman–Crippen MR) is 171 cm³/mol. The third kappa shape index (κ3) is 4.69. The van der Waals surface area contributed by atoms with Crippen LogP contribution in [0, 0.1) is 5.41 Å². The van der Waals surface area contributed by atoms with Gasteiger partial charge in [-0.05, 0) is 59.9 Å². The van der Waals surface area contributed by atoms with Crippen LogP contribution < -0.4 is 15.4 Å². The third-order valence-electron chi connectivity index (χ3n) is 8.72. The first-order valence-electron chi connectivity index (χ1n) is 14.1. The number of hydrogen-bond donors (Lipinski definition) is 2. The number of ether oxygens (including phenoxy) is 1. The van der Waals surface area contributed by atoms with Gasteiger partial charge in [0, 0.05) is 34.4 Å². The summed E-state index contributed by atoms with van der Waals surface area (Å²) in [5.74, 6) is 0.407. The summed E-state index contributed by atoms with van der Waals surface area (Å²) in [6, 6.07) is 29.3. The number of hydrogen-bond acceptors (Lipinski definition) is 5. The first-order valence-corrected chi connectivity index (χ1v) is 15.3. The predicted octanol–water partition coefficient (Wildman–Crippen LogP) is 8.35. The van der Waals surface area contributed by atoms with E-state index < -0.39 is 5.41 Å². The maximum absolute atomic E-state index is 14.0. The molecule has 1 atom stereocenters. The minimum absolute atomic E-state index is 0.0300. The number of anilines is 2. The minimum atomic E-state index is -0.626. The van der Waals surface area contributed by atoms with Gasteiger partial charge in [0.05, 0.1) is 28.9 Å². The van der Waals surface area contributed by atoms with Crippen molar-refractivity contribution in [2.24, 2.45) is 5.41 Å². The second kappa shape index (κ2) is 10.7. The van der Waals surface area contributed by atoms with E-state index in [0.29, 0.717) is 32.8 Å². The van der Waals surface area contributed by atoms with Crippen LogP contribution in [0.15, 0.2) is 96.4 Å². The van der Waals surface area contributed by atoms with E-state index >= 15 is 0 Å². The van der Waals surface area contributed by atoms with Crippen molar-refractivity contribution in [1.82, 2.24) is 4.98 Å². The van der Waals surface area contributed by atoms with Crippen LogP contribution in [-0.4, -0.2) is 23.9 Å². The van der Waals surface area contributed by atoms with Crippen LogP contribution in [0.1, 0.15) is 57.8 Å². The number of halogens is 1. The molecule has 214 valence electrons. The molecule has 8 rings (SSSR count).